The minimum Gasteiger partial charge on any atom is -0.443 e. The van der Waals surface area contributed by atoms with Gasteiger partial charge in [-0.2, -0.15) is 0 Å². The van der Waals surface area contributed by atoms with Crippen LogP contribution in [0.25, 0.3) is 22.2 Å². The van der Waals surface area contributed by atoms with E-state index in [1.807, 2.05) is 63.2 Å². The first kappa shape index (κ1) is 14.3. The summed E-state index contributed by atoms with van der Waals surface area (Å²) in [5.74, 6) is 0. The zero-order valence-corrected chi connectivity index (χ0v) is 12.9. The molecule has 1 aromatic carbocycles. The third-order valence-electron chi connectivity index (χ3n) is 3.24. The Bertz CT molecular complexity index is 814. The summed E-state index contributed by atoms with van der Waals surface area (Å²) in [5, 5.41) is 0.958. The van der Waals surface area contributed by atoms with Crippen LogP contribution in [0.15, 0.2) is 54.9 Å². The molecule has 0 saturated heterocycles. The van der Waals surface area contributed by atoms with Gasteiger partial charge >= 0.3 is 6.09 Å². The van der Waals surface area contributed by atoms with Gasteiger partial charge in [-0.3, -0.25) is 9.55 Å². The SMILES string of the molecule is CC(C)(C)OC(=O)n1ccc2cc(-c3ccccc3)ncc21. The molecule has 0 spiro atoms. The first-order valence-corrected chi connectivity index (χ1v) is 7.20. The Kier molecular flexibility index (Phi) is 3.45. The lowest BCUT2D eigenvalue weighted by Crippen LogP contribution is -2.26. The van der Waals surface area contributed by atoms with Crippen molar-refractivity contribution in [3.05, 3.63) is 54.9 Å². The molecule has 0 fully saturated rings. The number of carbonyl (C=O) groups excluding carboxylic acids is 1. The quantitative estimate of drug-likeness (QED) is 0.664. The van der Waals surface area contributed by atoms with Crippen molar-refractivity contribution >= 4 is 17.0 Å². The number of aromatic nitrogens is 2. The summed E-state index contributed by atoms with van der Waals surface area (Å²) in [7, 11) is 0. The Labute approximate surface area is 129 Å². The molecule has 0 saturated carbocycles. The fourth-order valence-electron chi connectivity index (χ4n) is 2.27. The second-order valence-electron chi connectivity index (χ2n) is 6.16. The van der Waals surface area contributed by atoms with Gasteiger partial charge in [-0.1, -0.05) is 30.3 Å². The summed E-state index contributed by atoms with van der Waals surface area (Å²) in [4.78, 5) is 16.7. The minimum atomic E-state index is -0.523. The molecule has 3 rings (SSSR count). The molecule has 4 heteroatoms. The van der Waals surface area contributed by atoms with Crippen LogP contribution < -0.4 is 0 Å². The second-order valence-corrected chi connectivity index (χ2v) is 6.16. The van der Waals surface area contributed by atoms with Gasteiger partial charge in [0, 0.05) is 17.1 Å². The van der Waals surface area contributed by atoms with E-state index in [1.165, 1.54) is 4.57 Å². The van der Waals surface area contributed by atoms with E-state index in [2.05, 4.69) is 4.98 Å². The number of ether oxygens (including phenoxy) is 1. The summed E-state index contributed by atoms with van der Waals surface area (Å²) in [5.41, 5.74) is 2.16. The Hall–Kier alpha value is -2.62. The predicted molar refractivity (Wildman–Crippen MR) is 86.8 cm³/mol. The molecule has 0 bridgehead atoms. The highest BCUT2D eigenvalue weighted by molar-refractivity contribution is 5.90. The summed E-state index contributed by atoms with van der Waals surface area (Å²) >= 11 is 0. The van der Waals surface area contributed by atoms with Crippen LogP contribution in [0.3, 0.4) is 0 Å². The van der Waals surface area contributed by atoms with Gasteiger partial charge < -0.3 is 4.74 Å². The first-order valence-electron chi connectivity index (χ1n) is 7.20. The van der Waals surface area contributed by atoms with Gasteiger partial charge in [0.2, 0.25) is 0 Å². The molecule has 4 nitrogen and oxygen atoms in total. The molecule has 0 aliphatic rings. The van der Waals surface area contributed by atoms with Crippen LogP contribution in [-0.4, -0.2) is 21.2 Å². The van der Waals surface area contributed by atoms with Crippen LogP contribution in [0.5, 0.6) is 0 Å². The van der Waals surface area contributed by atoms with Crippen molar-refractivity contribution in [2.75, 3.05) is 0 Å². The molecule has 0 aliphatic heterocycles. The Morgan fingerprint density at radius 2 is 1.86 bits per heavy atom. The average molecular weight is 294 g/mol. The monoisotopic (exact) mass is 294 g/mol. The van der Waals surface area contributed by atoms with Crippen LogP contribution in [0.1, 0.15) is 20.8 Å². The highest BCUT2D eigenvalue weighted by atomic mass is 16.6. The number of rotatable bonds is 1. The number of nitrogens with zero attached hydrogens (tertiary/aromatic N) is 2. The fourth-order valence-corrected chi connectivity index (χ4v) is 2.27. The standard InChI is InChI=1S/C18H18N2O2/c1-18(2,3)22-17(21)20-10-9-14-11-15(19-12-16(14)20)13-7-5-4-6-8-13/h4-12H,1-3H3. The van der Waals surface area contributed by atoms with Gasteiger partial charge in [0.15, 0.2) is 0 Å². The smallest absolute Gasteiger partial charge is 0.419 e. The van der Waals surface area contributed by atoms with Crippen molar-refractivity contribution in [2.45, 2.75) is 26.4 Å². The van der Waals surface area contributed by atoms with E-state index in [9.17, 15) is 4.79 Å². The molecule has 0 unspecified atom stereocenters. The Morgan fingerprint density at radius 3 is 2.55 bits per heavy atom. The van der Waals surface area contributed by atoms with Gasteiger partial charge in [0.05, 0.1) is 17.4 Å². The van der Waals surface area contributed by atoms with Crippen LogP contribution in [0, 0.1) is 0 Å². The van der Waals surface area contributed by atoms with E-state index in [1.54, 1.807) is 12.4 Å². The third kappa shape index (κ3) is 2.86. The molecular formula is C18H18N2O2. The largest absolute Gasteiger partial charge is 0.443 e. The number of pyridine rings is 1. The van der Waals surface area contributed by atoms with Gasteiger partial charge in [0.1, 0.15) is 5.60 Å². The molecule has 22 heavy (non-hydrogen) atoms. The second kappa shape index (κ2) is 5.30. The number of carbonyl (C=O) groups is 1. The van der Waals surface area contributed by atoms with E-state index in [4.69, 9.17) is 4.74 Å². The van der Waals surface area contributed by atoms with Crippen LogP contribution in [0.4, 0.5) is 4.79 Å². The number of hydrogen-bond acceptors (Lipinski definition) is 3. The molecule has 3 aromatic rings. The summed E-state index contributed by atoms with van der Waals surface area (Å²) in [6, 6.07) is 13.8. The third-order valence-corrected chi connectivity index (χ3v) is 3.24. The highest BCUT2D eigenvalue weighted by Crippen LogP contribution is 2.23. The molecule has 0 aliphatic carbocycles. The topological polar surface area (TPSA) is 44.1 Å². The molecule has 0 N–H and O–H groups in total. The van der Waals surface area contributed by atoms with E-state index in [-0.39, 0.29) is 0 Å². The number of fused-ring (bicyclic) bond motifs is 1. The molecule has 2 heterocycles. The minimum absolute atomic E-state index is 0.392. The van der Waals surface area contributed by atoms with Gasteiger partial charge in [-0.15, -0.1) is 0 Å². The van der Waals surface area contributed by atoms with E-state index < -0.39 is 11.7 Å². The molecule has 2 aromatic heterocycles. The van der Waals surface area contributed by atoms with Crippen molar-refractivity contribution in [2.24, 2.45) is 0 Å². The molecule has 0 amide bonds. The zero-order chi connectivity index (χ0) is 15.7. The maximum absolute atomic E-state index is 12.2. The van der Waals surface area contributed by atoms with Gasteiger partial charge in [-0.05, 0) is 32.9 Å². The van der Waals surface area contributed by atoms with E-state index in [0.29, 0.717) is 0 Å². The Balaban J connectivity index is 1.98. The normalized spacial score (nSPS) is 11.6. The predicted octanol–water partition coefficient (Wildman–Crippen LogP) is 4.49. The maximum atomic E-state index is 12.2. The highest BCUT2D eigenvalue weighted by Gasteiger charge is 2.19. The van der Waals surface area contributed by atoms with Crippen molar-refractivity contribution in [3.63, 3.8) is 0 Å². The van der Waals surface area contributed by atoms with Crippen molar-refractivity contribution in [1.82, 2.24) is 9.55 Å². The maximum Gasteiger partial charge on any atom is 0.419 e. The molecule has 0 atom stereocenters. The summed E-state index contributed by atoms with van der Waals surface area (Å²) in [6.45, 7) is 5.55. The van der Waals surface area contributed by atoms with Crippen LogP contribution in [0.2, 0.25) is 0 Å². The number of hydrogen-bond donors (Lipinski definition) is 0. The lowest BCUT2D eigenvalue weighted by molar-refractivity contribution is 0.0544. The zero-order valence-electron chi connectivity index (χ0n) is 12.9. The van der Waals surface area contributed by atoms with E-state index in [0.717, 1.165) is 22.2 Å². The lowest BCUT2D eigenvalue weighted by atomic mass is 10.1. The lowest BCUT2D eigenvalue weighted by Gasteiger charge is -2.19. The van der Waals surface area contributed by atoms with Crippen molar-refractivity contribution in [1.29, 1.82) is 0 Å². The van der Waals surface area contributed by atoms with Gasteiger partial charge in [0.25, 0.3) is 0 Å². The number of benzene rings is 1. The molecular weight excluding hydrogens is 276 g/mol. The van der Waals surface area contributed by atoms with Crippen LogP contribution in [-0.2, 0) is 4.74 Å². The van der Waals surface area contributed by atoms with Crippen LogP contribution >= 0.6 is 0 Å². The van der Waals surface area contributed by atoms with E-state index >= 15 is 0 Å². The van der Waals surface area contributed by atoms with Gasteiger partial charge in [-0.25, -0.2) is 4.79 Å². The average Bonchev–Trinajstić information content (AvgIpc) is 2.89. The Morgan fingerprint density at radius 1 is 1.14 bits per heavy atom. The fraction of sp³-hybridized carbons (Fsp3) is 0.222. The van der Waals surface area contributed by atoms with Crippen molar-refractivity contribution in [3.8, 4) is 11.3 Å². The first-order chi connectivity index (χ1) is 10.4. The molecule has 112 valence electrons. The summed E-state index contributed by atoms with van der Waals surface area (Å²) < 4.78 is 6.89. The molecule has 0 radical (unpaired) electrons. The summed E-state index contributed by atoms with van der Waals surface area (Å²) in [6.07, 6.45) is 3.04. The van der Waals surface area contributed by atoms with Crippen molar-refractivity contribution < 1.29 is 9.53 Å².